The van der Waals surface area contributed by atoms with E-state index in [1.165, 1.54) is 17.8 Å². The van der Waals surface area contributed by atoms with E-state index in [1.54, 1.807) is 11.3 Å². The molecule has 0 aliphatic carbocycles. The van der Waals surface area contributed by atoms with Gasteiger partial charge in [0, 0.05) is 13.1 Å². The van der Waals surface area contributed by atoms with E-state index in [4.69, 9.17) is 4.74 Å². The van der Waals surface area contributed by atoms with Crippen molar-refractivity contribution in [3.8, 4) is 0 Å². The number of hydrogen-bond donors (Lipinski definition) is 0. The fourth-order valence-corrected chi connectivity index (χ4v) is 3.01. The van der Waals surface area contributed by atoms with Crippen molar-refractivity contribution in [1.82, 2.24) is 0 Å². The second kappa shape index (κ2) is 5.34. The molecule has 88 valence electrons. The predicted molar refractivity (Wildman–Crippen MR) is 66.1 cm³/mol. The van der Waals surface area contributed by atoms with Gasteiger partial charge in [0.2, 0.25) is 0 Å². The maximum absolute atomic E-state index is 11.4. The second-order valence-electron chi connectivity index (χ2n) is 3.93. The first kappa shape index (κ1) is 11.5. The van der Waals surface area contributed by atoms with Crippen LogP contribution in [0.4, 0.5) is 5.00 Å². The van der Waals surface area contributed by atoms with Crippen molar-refractivity contribution in [2.45, 2.75) is 26.2 Å². The van der Waals surface area contributed by atoms with Gasteiger partial charge in [-0.2, -0.15) is 0 Å². The molecule has 0 unspecified atom stereocenters. The van der Waals surface area contributed by atoms with Gasteiger partial charge in [-0.25, -0.2) is 0 Å². The fourth-order valence-electron chi connectivity index (χ4n) is 2.03. The number of ether oxygens (including phenoxy) is 1. The van der Waals surface area contributed by atoms with Crippen LogP contribution in [0.3, 0.4) is 0 Å². The standard InChI is InChI=1S/C12H17NO2S/c1-2-15-11(14)9-10-5-8-16-12(10)13-6-3-4-7-13/h5,8H,2-4,6-7,9H2,1H3. The van der Waals surface area contributed by atoms with Crippen molar-refractivity contribution in [1.29, 1.82) is 0 Å². The van der Waals surface area contributed by atoms with E-state index in [9.17, 15) is 4.79 Å². The van der Waals surface area contributed by atoms with Crippen LogP contribution in [-0.2, 0) is 16.0 Å². The van der Waals surface area contributed by atoms with Crippen LogP contribution in [0, 0.1) is 0 Å². The average molecular weight is 239 g/mol. The van der Waals surface area contributed by atoms with Gasteiger partial charge in [0.25, 0.3) is 0 Å². The summed E-state index contributed by atoms with van der Waals surface area (Å²) < 4.78 is 4.98. The molecule has 2 heterocycles. The summed E-state index contributed by atoms with van der Waals surface area (Å²) in [5, 5.41) is 3.31. The first-order valence-electron chi connectivity index (χ1n) is 5.78. The molecule has 0 aromatic carbocycles. The normalized spacial score (nSPS) is 15.4. The van der Waals surface area contributed by atoms with Gasteiger partial charge in [0.1, 0.15) is 0 Å². The molecule has 0 N–H and O–H groups in total. The van der Waals surface area contributed by atoms with Crippen LogP contribution in [0.15, 0.2) is 11.4 Å². The van der Waals surface area contributed by atoms with Crippen LogP contribution >= 0.6 is 11.3 Å². The van der Waals surface area contributed by atoms with E-state index in [1.807, 2.05) is 13.0 Å². The number of esters is 1. The van der Waals surface area contributed by atoms with Gasteiger partial charge in [0.15, 0.2) is 0 Å². The number of rotatable bonds is 4. The maximum Gasteiger partial charge on any atom is 0.310 e. The molecular weight excluding hydrogens is 222 g/mol. The molecular formula is C12H17NO2S. The summed E-state index contributed by atoms with van der Waals surface area (Å²) in [5.74, 6) is -0.124. The molecule has 1 aliphatic rings. The molecule has 0 atom stereocenters. The zero-order valence-electron chi connectivity index (χ0n) is 9.57. The monoisotopic (exact) mass is 239 g/mol. The largest absolute Gasteiger partial charge is 0.466 e. The number of carbonyl (C=O) groups excluding carboxylic acids is 1. The highest BCUT2D eigenvalue weighted by Gasteiger charge is 2.18. The Hall–Kier alpha value is -1.03. The second-order valence-corrected chi connectivity index (χ2v) is 4.82. The van der Waals surface area contributed by atoms with E-state index in [-0.39, 0.29) is 5.97 Å². The van der Waals surface area contributed by atoms with Crippen molar-refractivity contribution in [2.24, 2.45) is 0 Å². The van der Waals surface area contributed by atoms with Crippen molar-refractivity contribution in [2.75, 3.05) is 24.6 Å². The summed E-state index contributed by atoms with van der Waals surface area (Å²) >= 11 is 1.73. The topological polar surface area (TPSA) is 29.5 Å². The van der Waals surface area contributed by atoms with E-state index in [0.717, 1.165) is 18.7 Å². The van der Waals surface area contributed by atoms with Gasteiger partial charge >= 0.3 is 5.97 Å². The van der Waals surface area contributed by atoms with Crippen LogP contribution in [0.2, 0.25) is 0 Å². The first-order chi connectivity index (χ1) is 7.81. The maximum atomic E-state index is 11.4. The Kier molecular flexibility index (Phi) is 3.83. The zero-order valence-corrected chi connectivity index (χ0v) is 10.4. The molecule has 1 saturated heterocycles. The van der Waals surface area contributed by atoms with E-state index >= 15 is 0 Å². The zero-order chi connectivity index (χ0) is 11.4. The van der Waals surface area contributed by atoms with Crippen molar-refractivity contribution in [3.05, 3.63) is 17.0 Å². The quantitative estimate of drug-likeness (QED) is 0.756. The lowest BCUT2D eigenvalue weighted by atomic mass is 10.2. The molecule has 1 aromatic rings. The summed E-state index contributed by atoms with van der Waals surface area (Å²) in [6.45, 7) is 4.54. The first-order valence-corrected chi connectivity index (χ1v) is 6.66. The Labute approximate surface area is 100 Å². The van der Waals surface area contributed by atoms with Gasteiger partial charge in [-0.15, -0.1) is 11.3 Å². The Morgan fingerprint density at radius 1 is 1.50 bits per heavy atom. The van der Waals surface area contributed by atoms with Gasteiger partial charge in [0.05, 0.1) is 18.0 Å². The minimum atomic E-state index is -0.124. The van der Waals surface area contributed by atoms with Crippen LogP contribution in [0.25, 0.3) is 0 Å². The summed E-state index contributed by atoms with van der Waals surface area (Å²) in [7, 11) is 0. The van der Waals surface area contributed by atoms with Gasteiger partial charge in [-0.05, 0) is 36.8 Å². The van der Waals surface area contributed by atoms with Crippen LogP contribution in [0.1, 0.15) is 25.3 Å². The molecule has 0 saturated carbocycles. The molecule has 0 bridgehead atoms. The fraction of sp³-hybridized carbons (Fsp3) is 0.583. The minimum absolute atomic E-state index is 0.124. The molecule has 1 aliphatic heterocycles. The van der Waals surface area contributed by atoms with Crippen molar-refractivity contribution >= 4 is 22.3 Å². The summed E-state index contributed by atoms with van der Waals surface area (Å²) in [6.07, 6.45) is 2.93. The lowest BCUT2D eigenvalue weighted by Crippen LogP contribution is -2.18. The van der Waals surface area contributed by atoms with Gasteiger partial charge in [-0.3, -0.25) is 4.79 Å². The lowest BCUT2D eigenvalue weighted by molar-refractivity contribution is -0.142. The van der Waals surface area contributed by atoms with Crippen molar-refractivity contribution in [3.63, 3.8) is 0 Å². The third kappa shape index (κ3) is 2.55. The Morgan fingerprint density at radius 2 is 2.25 bits per heavy atom. The lowest BCUT2D eigenvalue weighted by Gasteiger charge is -2.17. The highest BCUT2D eigenvalue weighted by Crippen LogP contribution is 2.30. The molecule has 16 heavy (non-hydrogen) atoms. The number of hydrogen-bond acceptors (Lipinski definition) is 4. The Balaban J connectivity index is 2.03. The van der Waals surface area contributed by atoms with E-state index in [2.05, 4.69) is 10.3 Å². The summed E-state index contributed by atoms with van der Waals surface area (Å²) in [6, 6.07) is 2.04. The number of anilines is 1. The molecule has 3 nitrogen and oxygen atoms in total. The highest BCUT2D eigenvalue weighted by molar-refractivity contribution is 7.14. The average Bonchev–Trinajstić information content (AvgIpc) is 2.86. The van der Waals surface area contributed by atoms with Gasteiger partial charge < -0.3 is 9.64 Å². The van der Waals surface area contributed by atoms with Crippen LogP contribution < -0.4 is 4.90 Å². The molecule has 4 heteroatoms. The van der Waals surface area contributed by atoms with E-state index < -0.39 is 0 Å². The summed E-state index contributed by atoms with van der Waals surface area (Å²) in [4.78, 5) is 13.8. The SMILES string of the molecule is CCOC(=O)Cc1ccsc1N1CCCC1. The highest BCUT2D eigenvalue weighted by atomic mass is 32.1. The predicted octanol–water partition coefficient (Wildman–Crippen LogP) is 2.45. The molecule has 0 radical (unpaired) electrons. The Morgan fingerprint density at radius 3 is 2.94 bits per heavy atom. The molecule has 1 aromatic heterocycles. The molecule has 2 rings (SSSR count). The number of nitrogens with zero attached hydrogens (tertiary/aromatic N) is 1. The molecule has 0 amide bonds. The molecule has 1 fully saturated rings. The number of thiophene rings is 1. The van der Waals surface area contributed by atoms with Crippen LogP contribution in [0.5, 0.6) is 0 Å². The molecule has 0 spiro atoms. The van der Waals surface area contributed by atoms with Gasteiger partial charge in [-0.1, -0.05) is 0 Å². The van der Waals surface area contributed by atoms with Crippen molar-refractivity contribution < 1.29 is 9.53 Å². The summed E-state index contributed by atoms with van der Waals surface area (Å²) in [5.41, 5.74) is 1.12. The smallest absolute Gasteiger partial charge is 0.310 e. The van der Waals surface area contributed by atoms with Crippen LogP contribution in [-0.4, -0.2) is 25.7 Å². The third-order valence-corrected chi connectivity index (χ3v) is 3.77. The number of carbonyl (C=O) groups is 1. The Bertz CT molecular complexity index is 356. The minimum Gasteiger partial charge on any atom is -0.466 e. The third-order valence-electron chi connectivity index (χ3n) is 2.76. The van der Waals surface area contributed by atoms with E-state index in [0.29, 0.717) is 13.0 Å².